The summed E-state index contributed by atoms with van der Waals surface area (Å²) < 4.78 is 32.6. The molecule has 1 fully saturated rings. The fourth-order valence-electron chi connectivity index (χ4n) is 4.61. The molecule has 1 saturated carbocycles. The van der Waals surface area contributed by atoms with Crippen LogP contribution in [0.25, 0.3) is 11.1 Å². The van der Waals surface area contributed by atoms with Gasteiger partial charge in [0.1, 0.15) is 24.7 Å². The quantitative estimate of drug-likeness (QED) is 0.140. The first-order valence-corrected chi connectivity index (χ1v) is 14.6. The number of hydrogen-bond donors (Lipinski definition) is 0. The van der Waals surface area contributed by atoms with Gasteiger partial charge in [-0.2, -0.15) is 0 Å². The molecule has 0 bridgehead atoms. The van der Waals surface area contributed by atoms with E-state index in [9.17, 15) is 4.39 Å². The van der Waals surface area contributed by atoms with E-state index in [4.69, 9.17) is 14.2 Å². The number of hydrogen-bond acceptors (Lipinski definition) is 3. The van der Waals surface area contributed by atoms with E-state index >= 15 is 0 Å². The van der Waals surface area contributed by atoms with Crippen LogP contribution in [0.15, 0.2) is 66.7 Å². The monoisotopic (exact) mass is 538 g/mol. The third-order valence-electron chi connectivity index (χ3n) is 6.85. The lowest BCUT2D eigenvalue weighted by Gasteiger charge is -2.25. The first-order chi connectivity index (χ1) is 18.0. The predicted molar refractivity (Wildman–Crippen MR) is 157 cm³/mol. The third-order valence-corrected chi connectivity index (χ3v) is 7.73. The molecule has 0 saturated heterocycles. The van der Waals surface area contributed by atoms with Crippen molar-refractivity contribution < 1.29 is 18.6 Å². The summed E-state index contributed by atoms with van der Waals surface area (Å²) in [4.78, 5) is 0. The maximum Gasteiger partial charge on any atom is 0.165 e. The lowest BCUT2D eigenvalue weighted by Crippen LogP contribution is -2.17. The molecule has 196 valence electrons. The minimum atomic E-state index is -0.383. The topological polar surface area (TPSA) is 27.7 Å². The average molecular weight is 539 g/mol. The van der Waals surface area contributed by atoms with Gasteiger partial charge in [0.2, 0.25) is 0 Å². The van der Waals surface area contributed by atoms with Crippen LogP contribution in [-0.2, 0) is 12.3 Å². The molecule has 3 nitrogen and oxygen atoms in total. The van der Waals surface area contributed by atoms with Crippen molar-refractivity contribution in [1.29, 1.82) is 0 Å². The summed E-state index contributed by atoms with van der Waals surface area (Å²) in [5.74, 6) is 2.16. The second kappa shape index (κ2) is 13.4. The highest BCUT2D eigenvalue weighted by atomic mass is 31.0. The van der Waals surface area contributed by atoms with Gasteiger partial charge in [-0.25, -0.2) is 4.39 Å². The maximum absolute atomic E-state index is 14.9. The van der Waals surface area contributed by atoms with Crippen LogP contribution in [0, 0.1) is 18.7 Å². The minimum absolute atomic E-state index is 0.226. The molecule has 0 spiro atoms. The number of aryl methyl sites for hydroxylation is 1. The van der Waals surface area contributed by atoms with Gasteiger partial charge >= 0.3 is 0 Å². The van der Waals surface area contributed by atoms with Crippen LogP contribution in [0.5, 0.6) is 17.2 Å². The van der Waals surface area contributed by atoms with E-state index in [1.54, 1.807) is 12.1 Å². The Morgan fingerprint density at radius 3 is 2.11 bits per heavy atom. The molecule has 0 aliphatic heterocycles. The molecule has 37 heavy (non-hydrogen) atoms. The van der Waals surface area contributed by atoms with Crippen LogP contribution in [0.1, 0.15) is 42.4 Å². The fraction of sp³-hybridized carbons (Fsp3) is 0.355. The summed E-state index contributed by atoms with van der Waals surface area (Å²) in [7, 11) is 5.60. The maximum atomic E-state index is 14.9. The number of benzene rings is 3. The SMILES string of the molecule is C=C1CCC(COc2c(CP)cc(-c3ccc(OCCOc4ccc(C)cc4)c(F)c3)cc2CP)CC1. The van der Waals surface area contributed by atoms with Gasteiger partial charge in [-0.05, 0) is 110 Å². The van der Waals surface area contributed by atoms with E-state index in [-0.39, 0.29) is 18.2 Å². The zero-order chi connectivity index (χ0) is 26.2. The second-order valence-electron chi connectivity index (χ2n) is 9.69. The molecule has 0 heterocycles. The summed E-state index contributed by atoms with van der Waals surface area (Å²) in [5.41, 5.74) is 6.57. The zero-order valence-corrected chi connectivity index (χ0v) is 23.9. The zero-order valence-electron chi connectivity index (χ0n) is 21.6. The normalized spacial score (nSPS) is 14.0. The van der Waals surface area contributed by atoms with Gasteiger partial charge in [0, 0.05) is 0 Å². The molecule has 4 rings (SSSR count). The van der Waals surface area contributed by atoms with Crippen LogP contribution >= 0.6 is 18.5 Å². The van der Waals surface area contributed by atoms with E-state index in [2.05, 4.69) is 37.2 Å². The van der Waals surface area contributed by atoms with Crippen LogP contribution in [0.4, 0.5) is 4.39 Å². The van der Waals surface area contributed by atoms with Gasteiger partial charge in [0.15, 0.2) is 11.6 Å². The Hall–Kier alpha value is -2.41. The highest BCUT2D eigenvalue weighted by Gasteiger charge is 2.19. The van der Waals surface area contributed by atoms with Crippen molar-refractivity contribution in [3.63, 3.8) is 0 Å². The predicted octanol–water partition coefficient (Wildman–Crippen LogP) is 8.13. The van der Waals surface area contributed by atoms with Crippen molar-refractivity contribution in [2.45, 2.75) is 44.9 Å². The van der Waals surface area contributed by atoms with E-state index in [1.165, 1.54) is 11.1 Å². The number of allylic oxidation sites excluding steroid dienone is 1. The van der Waals surface area contributed by atoms with Crippen LogP contribution in [0.3, 0.4) is 0 Å². The van der Waals surface area contributed by atoms with Crippen molar-refractivity contribution in [3.8, 4) is 28.4 Å². The number of ether oxygens (including phenoxy) is 3. The molecule has 1 aliphatic rings. The Balaban J connectivity index is 1.41. The van der Waals surface area contributed by atoms with Crippen LogP contribution < -0.4 is 14.2 Å². The van der Waals surface area contributed by atoms with Crippen molar-refractivity contribution in [2.24, 2.45) is 5.92 Å². The lowest BCUT2D eigenvalue weighted by molar-refractivity contribution is 0.211. The summed E-state index contributed by atoms with van der Waals surface area (Å²) >= 11 is 0. The minimum Gasteiger partial charge on any atom is -0.493 e. The molecule has 0 radical (unpaired) electrons. The van der Waals surface area contributed by atoms with Crippen molar-refractivity contribution in [2.75, 3.05) is 19.8 Å². The second-order valence-corrected chi connectivity index (χ2v) is 10.5. The highest BCUT2D eigenvalue weighted by molar-refractivity contribution is 7.15. The number of rotatable bonds is 11. The molecule has 2 unspecified atom stereocenters. The molecule has 3 aromatic carbocycles. The smallest absolute Gasteiger partial charge is 0.165 e. The van der Waals surface area contributed by atoms with Gasteiger partial charge in [0.05, 0.1) is 6.61 Å². The van der Waals surface area contributed by atoms with Crippen LogP contribution in [0.2, 0.25) is 0 Å². The fourth-order valence-corrected chi connectivity index (χ4v) is 5.21. The molecule has 1 aliphatic carbocycles. The van der Waals surface area contributed by atoms with Crippen molar-refractivity contribution in [3.05, 3.63) is 89.3 Å². The van der Waals surface area contributed by atoms with E-state index in [0.717, 1.165) is 78.4 Å². The standard InChI is InChI=1S/C31H37FO3P2/c1-21-3-7-23(8-4-21)18-35-31-26(19-36)15-25(16-27(31)20-37)24-9-12-30(29(32)17-24)34-14-13-33-28-10-5-22(2)6-11-28/h5-6,9-12,15-17,23H,1,3-4,7-8,13-14,18-20,36-37H2,2H3. The molecular formula is C31H37FO3P2. The van der Waals surface area contributed by atoms with Gasteiger partial charge in [-0.15, -0.1) is 18.5 Å². The summed E-state index contributed by atoms with van der Waals surface area (Å²) in [5, 5.41) is 0. The van der Waals surface area contributed by atoms with Gasteiger partial charge in [-0.3, -0.25) is 0 Å². The Morgan fingerprint density at radius 2 is 1.49 bits per heavy atom. The molecule has 6 heteroatoms. The molecule has 0 N–H and O–H groups in total. The first kappa shape index (κ1) is 27.6. The Morgan fingerprint density at radius 1 is 0.838 bits per heavy atom. The van der Waals surface area contributed by atoms with Crippen molar-refractivity contribution in [1.82, 2.24) is 0 Å². The van der Waals surface area contributed by atoms with E-state index in [1.807, 2.05) is 37.3 Å². The summed E-state index contributed by atoms with van der Waals surface area (Å²) in [6.07, 6.45) is 6.04. The van der Waals surface area contributed by atoms with Gasteiger partial charge in [-0.1, -0.05) is 35.9 Å². The Labute approximate surface area is 225 Å². The van der Waals surface area contributed by atoms with Gasteiger partial charge in [0.25, 0.3) is 0 Å². The molecule has 0 amide bonds. The Kier molecular flexibility index (Phi) is 10.0. The van der Waals surface area contributed by atoms with E-state index < -0.39 is 0 Å². The van der Waals surface area contributed by atoms with Gasteiger partial charge < -0.3 is 14.2 Å². The first-order valence-electron chi connectivity index (χ1n) is 12.9. The molecule has 0 aromatic heterocycles. The number of halogens is 1. The molecule has 3 aromatic rings. The lowest BCUT2D eigenvalue weighted by atomic mass is 9.87. The third kappa shape index (κ3) is 7.56. The molecular weight excluding hydrogens is 501 g/mol. The summed E-state index contributed by atoms with van der Waals surface area (Å²) in [6.45, 7) is 7.49. The average Bonchev–Trinajstić information content (AvgIpc) is 2.92. The van der Waals surface area contributed by atoms with E-state index in [0.29, 0.717) is 12.5 Å². The van der Waals surface area contributed by atoms with Crippen molar-refractivity contribution >= 4 is 18.5 Å². The highest BCUT2D eigenvalue weighted by Crippen LogP contribution is 2.36. The Bertz CT molecular complexity index is 1170. The largest absolute Gasteiger partial charge is 0.493 e. The van der Waals surface area contributed by atoms with Crippen LogP contribution in [-0.4, -0.2) is 19.8 Å². The summed E-state index contributed by atoms with van der Waals surface area (Å²) in [6, 6.07) is 17.2. The molecule has 2 atom stereocenters.